The molecule has 1 atom stereocenters. The van der Waals surface area contributed by atoms with Gasteiger partial charge in [-0.3, -0.25) is 4.79 Å². The zero-order valence-corrected chi connectivity index (χ0v) is 12.2. The summed E-state index contributed by atoms with van der Waals surface area (Å²) in [6, 6.07) is 10.1. The van der Waals surface area contributed by atoms with E-state index in [1.807, 2.05) is 35.7 Å². The maximum Gasteiger partial charge on any atom is 0.156 e. The molecule has 1 aliphatic rings. The van der Waals surface area contributed by atoms with Gasteiger partial charge in [0.1, 0.15) is 5.01 Å². The van der Waals surface area contributed by atoms with Crippen LogP contribution in [0.5, 0.6) is 0 Å². The monoisotopic (exact) mass is 286 g/mol. The van der Waals surface area contributed by atoms with Gasteiger partial charge in [-0.15, -0.1) is 11.3 Å². The van der Waals surface area contributed by atoms with Gasteiger partial charge >= 0.3 is 0 Å². The van der Waals surface area contributed by atoms with Crippen molar-refractivity contribution in [2.45, 2.75) is 31.7 Å². The van der Waals surface area contributed by atoms with E-state index >= 15 is 0 Å². The van der Waals surface area contributed by atoms with E-state index in [0.29, 0.717) is 6.42 Å². The van der Waals surface area contributed by atoms with E-state index in [-0.39, 0.29) is 11.8 Å². The maximum absolute atomic E-state index is 12.2. The summed E-state index contributed by atoms with van der Waals surface area (Å²) in [7, 11) is 0. The lowest BCUT2D eigenvalue weighted by atomic mass is 9.99. The van der Waals surface area contributed by atoms with Gasteiger partial charge in [0.2, 0.25) is 0 Å². The number of ketones is 1. The van der Waals surface area contributed by atoms with E-state index in [2.05, 4.69) is 10.3 Å². The molecule has 0 spiro atoms. The molecule has 3 nitrogen and oxygen atoms in total. The van der Waals surface area contributed by atoms with Gasteiger partial charge in [-0.2, -0.15) is 0 Å². The van der Waals surface area contributed by atoms with E-state index in [1.54, 1.807) is 11.3 Å². The molecule has 2 heterocycles. The second-order valence-electron chi connectivity index (χ2n) is 5.14. The Kier molecular flexibility index (Phi) is 4.23. The predicted octanol–water partition coefficient (Wildman–Crippen LogP) is 3.06. The normalized spacial score (nSPS) is 18.9. The Morgan fingerprint density at radius 2 is 2.15 bits per heavy atom. The summed E-state index contributed by atoms with van der Waals surface area (Å²) in [5.74, 6) is 0.277. The molecule has 1 fully saturated rings. The summed E-state index contributed by atoms with van der Waals surface area (Å²) in [4.78, 5) is 16.8. The van der Waals surface area contributed by atoms with Crippen molar-refractivity contribution >= 4 is 17.1 Å². The van der Waals surface area contributed by atoms with Gasteiger partial charge in [-0.1, -0.05) is 36.8 Å². The van der Waals surface area contributed by atoms with Gasteiger partial charge < -0.3 is 5.32 Å². The number of nitrogens with one attached hydrogen (secondary N) is 1. The van der Waals surface area contributed by atoms with Crippen LogP contribution in [-0.4, -0.2) is 23.4 Å². The number of carbonyl (C=O) groups excluding carboxylic acids is 1. The third kappa shape index (κ3) is 3.14. The van der Waals surface area contributed by atoms with E-state index in [9.17, 15) is 4.79 Å². The van der Waals surface area contributed by atoms with Gasteiger partial charge in [0.05, 0.1) is 18.2 Å². The lowest BCUT2D eigenvalue weighted by Crippen LogP contribution is -2.41. The number of piperidine rings is 1. The molecule has 1 aliphatic heterocycles. The molecular weight excluding hydrogens is 268 g/mol. The van der Waals surface area contributed by atoms with Crippen molar-refractivity contribution in [2.75, 3.05) is 6.54 Å². The van der Waals surface area contributed by atoms with E-state index < -0.39 is 0 Å². The second kappa shape index (κ2) is 6.29. The standard InChI is InChI=1S/C16H18N2OS/c19-15(13-8-4-5-9-17-13)10-16-18-14(11-20-16)12-6-2-1-3-7-12/h1-3,6-7,11,13,17H,4-5,8-10H2. The van der Waals surface area contributed by atoms with Crippen molar-refractivity contribution < 1.29 is 4.79 Å². The predicted molar refractivity (Wildman–Crippen MR) is 81.9 cm³/mol. The van der Waals surface area contributed by atoms with E-state index in [4.69, 9.17) is 0 Å². The Labute approximate surface area is 123 Å². The van der Waals surface area contributed by atoms with Gasteiger partial charge in [-0.25, -0.2) is 4.98 Å². The number of hydrogen-bond acceptors (Lipinski definition) is 4. The van der Waals surface area contributed by atoms with E-state index in [1.165, 1.54) is 6.42 Å². The van der Waals surface area contributed by atoms with Crippen LogP contribution < -0.4 is 5.32 Å². The number of thiazole rings is 1. The highest BCUT2D eigenvalue weighted by atomic mass is 32.1. The lowest BCUT2D eigenvalue weighted by molar-refractivity contribution is -0.120. The molecule has 0 saturated carbocycles. The number of hydrogen-bond donors (Lipinski definition) is 1. The Balaban J connectivity index is 1.66. The molecule has 1 N–H and O–H groups in total. The first-order chi connectivity index (χ1) is 9.83. The summed E-state index contributed by atoms with van der Waals surface area (Å²) in [5.41, 5.74) is 2.08. The maximum atomic E-state index is 12.2. The third-order valence-corrected chi connectivity index (χ3v) is 4.49. The van der Waals surface area contributed by atoms with Crippen molar-refractivity contribution in [1.29, 1.82) is 0 Å². The quantitative estimate of drug-likeness (QED) is 0.939. The number of benzene rings is 1. The number of Topliss-reactive ketones (excluding diaryl/α,β-unsaturated/α-hetero) is 1. The van der Waals surface area contributed by atoms with Crippen LogP contribution in [0.2, 0.25) is 0 Å². The van der Waals surface area contributed by atoms with Gasteiger partial charge in [0.15, 0.2) is 5.78 Å². The molecule has 0 aliphatic carbocycles. The average Bonchev–Trinajstić information content (AvgIpc) is 2.97. The van der Waals surface area contributed by atoms with Crippen LogP contribution in [0.15, 0.2) is 35.7 Å². The van der Waals surface area contributed by atoms with Crippen LogP contribution in [0, 0.1) is 0 Å². The van der Waals surface area contributed by atoms with E-state index in [0.717, 1.165) is 35.7 Å². The fourth-order valence-electron chi connectivity index (χ4n) is 2.53. The first-order valence-corrected chi connectivity index (χ1v) is 7.97. The topological polar surface area (TPSA) is 42.0 Å². The Morgan fingerprint density at radius 1 is 1.30 bits per heavy atom. The number of carbonyl (C=O) groups is 1. The highest BCUT2D eigenvalue weighted by Crippen LogP contribution is 2.22. The first-order valence-electron chi connectivity index (χ1n) is 7.09. The van der Waals surface area contributed by atoms with Gasteiger partial charge in [-0.05, 0) is 19.4 Å². The van der Waals surface area contributed by atoms with Crippen LogP contribution in [0.25, 0.3) is 11.3 Å². The molecule has 1 saturated heterocycles. The molecule has 0 radical (unpaired) electrons. The summed E-state index contributed by atoms with van der Waals surface area (Å²) in [6.45, 7) is 0.962. The molecule has 0 bridgehead atoms. The van der Waals surface area contributed by atoms with Crippen LogP contribution in [0.3, 0.4) is 0 Å². The Hall–Kier alpha value is -1.52. The van der Waals surface area contributed by atoms with Crippen molar-refractivity contribution in [2.24, 2.45) is 0 Å². The zero-order chi connectivity index (χ0) is 13.8. The Bertz CT molecular complexity index is 573. The number of aromatic nitrogens is 1. The molecular formula is C16H18N2OS. The molecule has 1 unspecified atom stereocenters. The molecule has 0 amide bonds. The fraction of sp³-hybridized carbons (Fsp3) is 0.375. The smallest absolute Gasteiger partial charge is 0.156 e. The molecule has 1 aromatic heterocycles. The molecule has 104 valence electrons. The Morgan fingerprint density at radius 3 is 2.90 bits per heavy atom. The second-order valence-corrected chi connectivity index (χ2v) is 6.08. The average molecular weight is 286 g/mol. The highest BCUT2D eigenvalue weighted by molar-refractivity contribution is 7.10. The minimum Gasteiger partial charge on any atom is -0.307 e. The molecule has 2 aromatic rings. The number of nitrogens with zero attached hydrogens (tertiary/aromatic N) is 1. The van der Waals surface area contributed by atoms with Crippen molar-refractivity contribution in [3.8, 4) is 11.3 Å². The lowest BCUT2D eigenvalue weighted by Gasteiger charge is -2.21. The SMILES string of the molecule is O=C(Cc1nc(-c2ccccc2)cs1)C1CCCCN1. The van der Waals surface area contributed by atoms with Crippen LogP contribution in [0.4, 0.5) is 0 Å². The third-order valence-electron chi connectivity index (χ3n) is 3.65. The largest absolute Gasteiger partial charge is 0.307 e. The highest BCUT2D eigenvalue weighted by Gasteiger charge is 2.21. The minimum atomic E-state index is 0.0350. The van der Waals surface area contributed by atoms with Crippen LogP contribution in [0.1, 0.15) is 24.3 Å². The summed E-state index contributed by atoms with van der Waals surface area (Å²) >= 11 is 1.58. The summed E-state index contributed by atoms with van der Waals surface area (Å²) in [6.07, 6.45) is 3.75. The molecule has 4 heteroatoms. The van der Waals surface area contributed by atoms with Crippen LogP contribution in [-0.2, 0) is 11.2 Å². The van der Waals surface area contributed by atoms with Crippen LogP contribution >= 0.6 is 11.3 Å². The van der Waals surface area contributed by atoms with Gasteiger partial charge in [0, 0.05) is 10.9 Å². The first kappa shape index (κ1) is 13.5. The summed E-state index contributed by atoms with van der Waals surface area (Å²) in [5, 5.41) is 6.26. The molecule has 20 heavy (non-hydrogen) atoms. The van der Waals surface area contributed by atoms with Crippen molar-refractivity contribution in [3.05, 3.63) is 40.7 Å². The molecule has 3 rings (SSSR count). The van der Waals surface area contributed by atoms with Gasteiger partial charge in [0.25, 0.3) is 0 Å². The number of rotatable bonds is 4. The minimum absolute atomic E-state index is 0.0350. The van der Waals surface area contributed by atoms with Crippen molar-refractivity contribution in [3.63, 3.8) is 0 Å². The summed E-state index contributed by atoms with van der Waals surface area (Å²) < 4.78 is 0. The zero-order valence-electron chi connectivity index (χ0n) is 11.3. The fourth-order valence-corrected chi connectivity index (χ4v) is 3.35. The molecule has 1 aromatic carbocycles. The van der Waals surface area contributed by atoms with Crippen molar-refractivity contribution in [1.82, 2.24) is 10.3 Å².